The van der Waals surface area contributed by atoms with Crippen LogP contribution in [0.4, 0.5) is 17.2 Å². The number of aromatic nitrogens is 2. The lowest BCUT2D eigenvalue weighted by molar-refractivity contribution is 0.523. The summed E-state index contributed by atoms with van der Waals surface area (Å²) in [6.45, 7) is 0.802. The first-order valence-electron chi connectivity index (χ1n) is 9.99. The molecule has 0 radical (unpaired) electrons. The molecule has 0 saturated heterocycles. The summed E-state index contributed by atoms with van der Waals surface area (Å²) in [6, 6.07) is 7.49. The van der Waals surface area contributed by atoms with Gasteiger partial charge in [-0.1, -0.05) is 11.6 Å². The number of benzene rings is 1. The zero-order valence-corrected chi connectivity index (χ0v) is 18.7. The van der Waals surface area contributed by atoms with E-state index >= 15 is 0 Å². The number of fused-ring (bicyclic) bond motifs is 2. The first kappa shape index (κ1) is 20.9. The van der Waals surface area contributed by atoms with Gasteiger partial charge in [0.2, 0.25) is 0 Å². The molecule has 10 heteroatoms. The second kappa shape index (κ2) is 8.18. The van der Waals surface area contributed by atoms with Crippen molar-refractivity contribution in [2.45, 2.75) is 6.42 Å². The Morgan fingerprint density at radius 1 is 1.28 bits per heavy atom. The maximum atomic E-state index is 13.1. The summed E-state index contributed by atoms with van der Waals surface area (Å²) in [5, 5.41) is 2.19. The standard InChI is InChI=1S/C22H20ClN5O3S/c1-27-10-7-13(6-9-25-32(30)31)16-12-24-21-18-17(26-22(29)19(18)20(16)27)8-11-28(21)15-4-2-14(23)3-5-15/h2-5,7-8,10,12,25H,6,9,11H2,1H3,(H,26,29)(H,30,31)/p-1. The molecule has 2 N–H and O–H groups in total. The van der Waals surface area contributed by atoms with Gasteiger partial charge in [-0.15, -0.1) is 0 Å². The minimum Gasteiger partial charge on any atom is -0.760 e. The van der Waals surface area contributed by atoms with Gasteiger partial charge in [-0.25, -0.2) is 9.71 Å². The number of allylic oxidation sites excluding steroid dienone is 1. The highest BCUT2D eigenvalue weighted by atomic mass is 35.5. The molecule has 32 heavy (non-hydrogen) atoms. The summed E-state index contributed by atoms with van der Waals surface area (Å²) in [4.78, 5) is 24.8. The molecule has 4 heterocycles. The van der Waals surface area contributed by atoms with Gasteiger partial charge >= 0.3 is 0 Å². The molecule has 8 nitrogen and oxygen atoms in total. The summed E-state index contributed by atoms with van der Waals surface area (Å²) in [5.41, 5.74) is 3.70. The minimum absolute atomic E-state index is 0.181. The normalized spacial score (nSPS) is 15.7. The third-order valence-electron chi connectivity index (χ3n) is 5.71. The van der Waals surface area contributed by atoms with Gasteiger partial charge in [-0.2, -0.15) is 0 Å². The van der Waals surface area contributed by atoms with E-state index in [2.05, 4.69) is 9.71 Å². The Labute approximate surface area is 191 Å². The van der Waals surface area contributed by atoms with E-state index in [0.29, 0.717) is 29.4 Å². The SMILES string of the molecule is CN1C=CC(CCNS(=O)[O-])=c2cnc3c4c([nH]c(=O)c-4c21)=CCN3c1ccc(Cl)cc1. The van der Waals surface area contributed by atoms with E-state index in [4.69, 9.17) is 16.6 Å². The van der Waals surface area contributed by atoms with Crippen LogP contribution in [0.5, 0.6) is 0 Å². The van der Waals surface area contributed by atoms with Crippen LogP contribution in [-0.2, 0) is 11.3 Å². The van der Waals surface area contributed by atoms with Crippen molar-refractivity contribution < 1.29 is 8.76 Å². The number of aromatic amines is 1. The Bertz CT molecular complexity index is 1420. The molecule has 0 aliphatic carbocycles. The molecule has 0 amide bonds. The van der Waals surface area contributed by atoms with Crippen LogP contribution in [0.25, 0.3) is 22.8 Å². The third-order valence-corrected chi connectivity index (χ3v) is 6.40. The number of hydrogen-bond donors (Lipinski definition) is 2. The van der Waals surface area contributed by atoms with Crippen molar-refractivity contribution in [3.63, 3.8) is 0 Å². The summed E-state index contributed by atoms with van der Waals surface area (Å²) in [6.07, 6.45) is 8.02. The van der Waals surface area contributed by atoms with Gasteiger partial charge in [0.05, 0.1) is 22.2 Å². The molecule has 0 saturated carbocycles. The lowest BCUT2D eigenvalue weighted by Crippen LogP contribution is -2.26. The van der Waals surface area contributed by atoms with Crippen LogP contribution < -0.4 is 30.6 Å². The van der Waals surface area contributed by atoms with Crippen molar-refractivity contribution in [1.82, 2.24) is 14.7 Å². The van der Waals surface area contributed by atoms with Crippen molar-refractivity contribution in [2.75, 3.05) is 29.9 Å². The van der Waals surface area contributed by atoms with Gasteiger partial charge < -0.3 is 19.3 Å². The fourth-order valence-electron chi connectivity index (χ4n) is 4.27. The molecular weight excluding hydrogens is 450 g/mol. The molecule has 1 aromatic rings. The van der Waals surface area contributed by atoms with E-state index in [1.807, 2.05) is 59.5 Å². The van der Waals surface area contributed by atoms with E-state index < -0.39 is 11.3 Å². The van der Waals surface area contributed by atoms with Crippen molar-refractivity contribution in [3.8, 4) is 11.1 Å². The van der Waals surface area contributed by atoms with E-state index in [1.165, 1.54) is 0 Å². The van der Waals surface area contributed by atoms with Gasteiger partial charge in [0.15, 0.2) is 0 Å². The van der Waals surface area contributed by atoms with Crippen LogP contribution in [0.15, 0.2) is 47.5 Å². The van der Waals surface area contributed by atoms with Crippen LogP contribution >= 0.6 is 11.6 Å². The molecule has 1 unspecified atom stereocenters. The van der Waals surface area contributed by atoms with Crippen molar-refractivity contribution in [1.29, 1.82) is 0 Å². The van der Waals surface area contributed by atoms with E-state index in [0.717, 1.165) is 33.1 Å². The zero-order chi connectivity index (χ0) is 22.4. The van der Waals surface area contributed by atoms with Crippen molar-refractivity contribution in [2.24, 2.45) is 0 Å². The summed E-state index contributed by atoms with van der Waals surface area (Å²) in [5.74, 6) is 0.680. The average molecular weight is 469 g/mol. The van der Waals surface area contributed by atoms with Gasteiger partial charge in [-0.05, 0) is 48.4 Å². The van der Waals surface area contributed by atoms with Crippen LogP contribution in [0.1, 0.15) is 6.42 Å². The molecule has 5 rings (SSSR count). The molecule has 1 atom stereocenters. The number of H-pyrrole nitrogens is 1. The van der Waals surface area contributed by atoms with Crippen LogP contribution in [-0.4, -0.2) is 38.9 Å². The fraction of sp³-hybridized carbons (Fsp3) is 0.182. The molecule has 0 spiro atoms. The summed E-state index contributed by atoms with van der Waals surface area (Å²) in [7, 11) is 1.88. The Morgan fingerprint density at radius 2 is 2.06 bits per heavy atom. The summed E-state index contributed by atoms with van der Waals surface area (Å²) < 4.78 is 24.1. The molecule has 4 aliphatic rings. The molecule has 4 aliphatic heterocycles. The number of rotatable bonds is 5. The largest absolute Gasteiger partial charge is 0.760 e. The second-order valence-electron chi connectivity index (χ2n) is 7.58. The number of halogens is 1. The monoisotopic (exact) mass is 468 g/mol. The Balaban J connectivity index is 1.74. The Morgan fingerprint density at radius 3 is 2.81 bits per heavy atom. The number of nitrogens with one attached hydrogen (secondary N) is 2. The zero-order valence-electron chi connectivity index (χ0n) is 17.1. The second-order valence-corrected chi connectivity index (χ2v) is 8.78. The lowest BCUT2D eigenvalue weighted by Gasteiger charge is -2.26. The predicted octanol–water partition coefficient (Wildman–Crippen LogP) is 1.35. The van der Waals surface area contributed by atoms with Crippen molar-refractivity contribution >= 4 is 51.7 Å². The van der Waals surface area contributed by atoms with Gasteiger partial charge in [-0.3, -0.25) is 9.00 Å². The van der Waals surface area contributed by atoms with Gasteiger partial charge in [0, 0.05) is 59.7 Å². The molecule has 164 valence electrons. The van der Waals surface area contributed by atoms with Crippen LogP contribution in [0.2, 0.25) is 5.02 Å². The smallest absolute Gasteiger partial charge is 0.258 e. The lowest BCUT2D eigenvalue weighted by atomic mass is 10.0. The molecular formula is C22H19ClN5O3S-. The van der Waals surface area contributed by atoms with E-state index in [9.17, 15) is 13.6 Å². The van der Waals surface area contributed by atoms with Crippen molar-refractivity contribution in [3.05, 3.63) is 68.7 Å². The predicted molar refractivity (Wildman–Crippen MR) is 126 cm³/mol. The maximum absolute atomic E-state index is 13.1. The number of anilines is 3. The van der Waals surface area contributed by atoms with Crippen LogP contribution in [0, 0.1) is 0 Å². The fourth-order valence-corrected chi connectivity index (χ4v) is 4.66. The minimum atomic E-state index is -2.33. The molecule has 0 aromatic heterocycles. The third kappa shape index (κ3) is 3.53. The Hall–Kier alpha value is -2.98. The molecule has 1 aromatic carbocycles. The van der Waals surface area contributed by atoms with Crippen LogP contribution in [0.3, 0.4) is 0 Å². The topological polar surface area (TPSA) is 104 Å². The highest BCUT2D eigenvalue weighted by Crippen LogP contribution is 2.36. The summed E-state index contributed by atoms with van der Waals surface area (Å²) >= 11 is 3.74. The number of nitrogens with zero attached hydrogens (tertiary/aromatic N) is 3. The van der Waals surface area contributed by atoms with E-state index in [-0.39, 0.29) is 12.1 Å². The quantitative estimate of drug-likeness (QED) is 0.548. The van der Waals surface area contributed by atoms with Gasteiger partial charge in [0.25, 0.3) is 5.56 Å². The highest BCUT2D eigenvalue weighted by molar-refractivity contribution is 7.77. The van der Waals surface area contributed by atoms with Gasteiger partial charge in [0.1, 0.15) is 5.82 Å². The first-order valence-corrected chi connectivity index (χ1v) is 11.4. The average Bonchev–Trinajstić information content (AvgIpc) is 2.97. The van der Waals surface area contributed by atoms with E-state index in [1.54, 1.807) is 6.20 Å². The maximum Gasteiger partial charge on any atom is 0.258 e. The highest BCUT2D eigenvalue weighted by Gasteiger charge is 2.29. The number of hydrogen-bond acceptors (Lipinski definition) is 6. The Kier molecular flexibility index (Phi) is 5.34. The molecule has 0 bridgehead atoms. The first-order chi connectivity index (χ1) is 15.4. The molecule has 0 fully saturated rings.